The molecule has 0 spiro atoms. The Kier molecular flexibility index (Phi) is 4.00. The predicted octanol–water partition coefficient (Wildman–Crippen LogP) is 2.71. The molecule has 1 aromatic carbocycles. The number of nitrogens with zero attached hydrogens (tertiary/aromatic N) is 1. The minimum atomic E-state index is -0.563. The standard InChI is InChI=1S/C10H10BrNO4/c1-3-6-7(10(13)16-2)4-5-8(11)9(6)12(14)15/h4-5H,3H2,1-2H3. The van der Waals surface area contributed by atoms with Crippen LogP contribution in [0.2, 0.25) is 0 Å². The SMILES string of the molecule is CCc1c(C(=O)OC)ccc(Br)c1[N+](=O)[O-]. The van der Waals surface area contributed by atoms with Crippen LogP contribution in [0, 0.1) is 10.1 Å². The van der Waals surface area contributed by atoms with Crippen molar-refractivity contribution in [2.45, 2.75) is 13.3 Å². The van der Waals surface area contributed by atoms with Crippen molar-refractivity contribution >= 4 is 27.6 Å². The summed E-state index contributed by atoms with van der Waals surface area (Å²) in [4.78, 5) is 21.8. The van der Waals surface area contributed by atoms with E-state index in [1.54, 1.807) is 6.92 Å². The van der Waals surface area contributed by atoms with E-state index in [-0.39, 0.29) is 11.3 Å². The molecular weight excluding hydrogens is 278 g/mol. The number of nitro benzene ring substituents is 1. The van der Waals surface area contributed by atoms with Crippen LogP contribution in [0.1, 0.15) is 22.8 Å². The Morgan fingerprint density at radius 3 is 2.62 bits per heavy atom. The third-order valence-corrected chi connectivity index (χ3v) is 2.81. The van der Waals surface area contributed by atoms with Crippen molar-refractivity contribution in [2.75, 3.05) is 7.11 Å². The minimum Gasteiger partial charge on any atom is -0.465 e. The lowest BCUT2D eigenvalue weighted by Gasteiger charge is -2.07. The zero-order chi connectivity index (χ0) is 12.3. The summed E-state index contributed by atoms with van der Waals surface area (Å²) >= 11 is 3.10. The van der Waals surface area contributed by atoms with Crippen molar-refractivity contribution < 1.29 is 14.5 Å². The minimum absolute atomic E-state index is 0.0783. The van der Waals surface area contributed by atoms with E-state index in [9.17, 15) is 14.9 Å². The summed E-state index contributed by atoms with van der Waals surface area (Å²) < 4.78 is 4.94. The summed E-state index contributed by atoms with van der Waals surface area (Å²) in [6.07, 6.45) is 0.389. The highest BCUT2D eigenvalue weighted by atomic mass is 79.9. The van der Waals surface area contributed by atoms with Gasteiger partial charge in [0.25, 0.3) is 5.69 Å². The summed E-state index contributed by atoms with van der Waals surface area (Å²) in [5.74, 6) is -0.563. The maximum absolute atomic E-state index is 11.4. The molecule has 0 unspecified atom stereocenters. The first-order valence-electron chi connectivity index (χ1n) is 4.57. The number of hydrogen-bond acceptors (Lipinski definition) is 4. The van der Waals surface area contributed by atoms with E-state index in [2.05, 4.69) is 20.7 Å². The number of halogens is 1. The van der Waals surface area contributed by atoms with Gasteiger partial charge in [0.15, 0.2) is 0 Å². The molecule has 0 N–H and O–H groups in total. The van der Waals surface area contributed by atoms with E-state index >= 15 is 0 Å². The molecule has 0 aromatic heterocycles. The van der Waals surface area contributed by atoms with Gasteiger partial charge in [-0.1, -0.05) is 6.92 Å². The largest absolute Gasteiger partial charge is 0.465 e. The van der Waals surface area contributed by atoms with Crippen molar-refractivity contribution in [1.29, 1.82) is 0 Å². The average Bonchev–Trinajstić information content (AvgIpc) is 2.26. The van der Waals surface area contributed by atoms with Gasteiger partial charge in [-0.25, -0.2) is 4.79 Å². The summed E-state index contributed by atoms with van der Waals surface area (Å²) in [6, 6.07) is 2.99. The van der Waals surface area contributed by atoms with Crippen LogP contribution in [0.3, 0.4) is 0 Å². The Morgan fingerprint density at radius 2 is 2.19 bits per heavy atom. The van der Waals surface area contributed by atoms with Crippen LogP contribution in [0.15, 0.2) is 16.6 Å². The normalized spacial score (nSPS) is 9.94. The highest BCUT2D eigenvalue weighted by molar-refractivity contribution is 9.10. The zero-order valence-electron chi connectivity index (χ0n) is 8.82. The maximum atomic E-state index is 11.4. The smallest absolute Gasteiger partial charge is 0.338 e. The topological polar surface area (TPSA) is 69.4 Å². The van der Waals surface area contributed by atoms with Crippen LogP contribution in [0.5, 0.6) is 0 Å². The number of esters is 1. The first kappa shape index (κ1) is 12.6. The van der Waals surface area contributed by atoms with E-state index in [4.69, 9.17) is 0 Å². The molecule has 0 aliphatic heterocycles. The van der Waals surface area contributed by atoms with E-state index < -0.39 is 10.9 Å². The van der Waals surface area contributed by atoms with Crippen molar-refractivity contribution in [3.63, 3.8) is 0 Å². The summed E-state index contributed by atoms with van der Waals surface area (Å²) in [5.41, 5.74) is 0.538. The number of ether oxygens (including phenoxy) is 1. The Labute approximate surface area is 101 Å². The Bertz CT molecular complexity index is 445. The number of carbonyl (C=O) groups is 1. The fourth-order valence-corrected chi connectivity index (χ4v) is 1.98. The highest BCUT2D eigenvalue weighted by Crippen LogP contribution is 2.32. The molecule has 0 fully saturated rings. The van der Waals surface area contributed by atoms with Crippen LogP contribution in [-0.4, -0.2) is 18.0 Å². The number of rotatable bonds is 3. The maximum Gasteiger partial charge on any atom is 0.338 e. The molecule has 16 heavy (non-hydrogen) atoms. The first-order valence-corrected chi connectivity index (χ1v) is 5.36. The molecule has 1 aromatic rings. The van der Waals surface area contributed by atoms with Gasteiger partial charge in [-0.15, -0.1) is 0 Å². The molecule has 0 aliphatic rings. The van der Waals surface area contributed by atoms with Crippen molar-refractivity contribution in [2.24, 2.45) is 0 Å². The van der Waals surface area contributed by atoms with Crippen LogP contribution in [0.4, 0.5) is 5.69 Å². The van der Waals surface area contributed by atoms with Crippen LogP contribution in [0.25, 0.3) is 0 Å². The highest BCUT2D eigenvalue weighted by Gasteiger charge is 2.23. The molecule has 0 aliphatic carbocycles. The van der Waals surface area contributed by atoms with E-state index in [1.165, 1.54) is 19.2 Å². The monoisotopic (exact) mass is 287 g/mol. The number of benzene rings is 1. The van der Waals surface area contributed by atoms with Gasteiger partial charge >= 0.3 is 5.97 Å². The molecule has 86 valence electrons. The van der Waals surface area contributed by atoms with Gasteiger partial charge in [-0.3, -0.25) is 10.1 Å². The van der Waals surface area contributed by atoms with Crippen LogP contribution < -0.4 is 0 Å². The van der Waals surface area contributed by atoms with Gasteiger partial charge < -0.3 is 4.74 Å². The molecule has 0 bridgehead atoms. The van der Waals surface area contributed by atoms with Gasteiger partial charge in [0, 0.05) is 5.56 Å². The molecule has 0 heterocycles. The van der Waals surface area contributed by atoms with Crippen molar-refractivity contribution in [3.05, 3.63) is 37.8 Å². The van der Waals surface area contributed by atoms with E-state index in [1.807, 2.05) is 0 Å². The van der Waals surface area contributed by atoms with Gasteiger partial charge in [0.1, 0.15) is 0 Å². The summed E-state index contributed by atoms with van der Waals surface area (Å²) in [6.45, 7) is 1.75. The van der Waals surface area contributed by atoms with Gasteiger partial charge in [-0.2, -0.15) is 0 Å². The molecule has 6 heteroatoms. The summed E-state index contributed by atoms with van der Waals surface area (Å²) in [7, 11) is 1.25. The number of methoxy groups -OCH3 is 1. The van der Waals surface area contributed by atoms with Crippen molar-refractivity contribution in [1.82, 2.24) is 0 Å². The van der Waals surface area contributed by atoms with Gasteiger partial charge in [-0.05, 0) is 34.5 Å². The molecule has 0 atom stereocenters. The second-order valence-corrected chi connectivity index (χ2v) is 3.88. The lowest BCUT2D eigenvalue weighted by molar-refractivity contribution is -0.386. The van der Waals surface area contributed by atoms with E-state index in [0.29, 0.717) is 16.5 Å². The molecule has 0 amide bonds. The third kappa shape index (κ3) is 2.21. The Balaban J connectivity index is 3.48. The second kappa shape index (κ2) is 5.07. The van der Waals surface area contributed by atoms with Gasteiger partial charge in [0.05, 0.1) is 22.1 Å². The zero-order valence-corrected chi connectivity index (χ0v) is 10.4. The number of carbonyl (C=O) groups excluding carboxylic acids is 1. The third-order valence-electron chi connectivity index (χ3n) is 2.17. The Morgan fingerprint density at radius 1 is 1.56 bits per heavy atom. The first-order chi connectivity index (χ1) is 7.52. The molecule has 0 radical (unpaired) electrons. The lowest BCUT2D eigenvalue weighted by atomic mass is 10.0. The lowest BCUT2D eigenvalue weighted by Crippen LogP contribution is -2.08. The molecule has 1 rings (SSSR count). The fraction of sp³-hybridized carbons (Fsp3) is 0.300. The quantitative estimate of drug-likeness (QED) is 0.487. The molecule has 5 nitrogen and oxygen atoms in total. The van der Waals surface area contributed by atoms with Crippen molar-refractivity contribution in [3.8, 4) is 0 Å². The van der Waals surface area contributed by atoms with E-state index in [0.717, 1.165) is 0 Å². The fourth-order valence-electron chi connectivity index (χ4n) is 1.46. The summed E-state index contributed by atoms with van der Waals surface area (Å²) in [5, 5.41) is 10.9. The second-order valence-electron chi connectivity index (χ2n) is 3.02. The number of hydrogen-bond donors (Lipinski definition) is 0. The number of nitro groups is 1. The Hall–Kier alpha value is -1.43. The average molecular weight is 288 g/mol. The van der Waals surface area contributed by atoms with Gasteiger partial charge in [0.2, 0.25) is 0 Å². The van der Waals surface area contributed by atoms with Crippen LogP contribution >= 0.6 is 15.9 Å². The molecule has 0 saturated carbocycles. The molecular formula is C10H10BrNO4. The molecule has 0 saturated heterocycles. The predicted molar refractivity (Wildman–Crippen MR) is 61.5 cm³/mol. The van der Waals surface area contributed by atoms with Crippen LogP contribution in [-0.2, 0) is 11.2 Å².